The number of ether oxygens (including phenoxy) is 1. The van der Waals surface area contributed by atoms with Crippen molar-refractivity contribution in [2.24, 2.45) is 11.3 Å². The Hall–Kier alpha value is -1.88. The Morgan fingerprint density at radius 2 is 1.96 bits per heavy atom. The molecule has 126 valence electrons. The van der Waals surface area contributed by atoms with Crippen molar-refractivity contribution in [3.05, 3.63) is 29.8 Å². The van der Waals surface area contributed by atoms with Crippen molar-refractivity contribution in [2.45, 2.75) is 39.0 Å². The van der Waals surface area contributed by atoms with Gasteiger partial charge >= 0.3 is 5.97 Å². The highest BCUT2D eigenvalue weighted by Gasteiger charge is 2.43. The minimum absolute atomic E-state index is 0.0625. The second-order valence-electron chi connectivity index (χ2n) is 6.47. The van der Waals surface area contributed by atoms with E-state index in [4.69, 9.17) is 9.84 Å². The number of amides is 1. The molecule has 1 unspecified atom stereocenters. The topological polar surface area (TPSA) is 75.6 Å². The summed E-state index contributed by atoms with van der Waals surface area (Å²) in [5.41, 5.74) is 1.42. The molecule has 0 radical (unpaired) electrons. The average Bonchev–Trinajstić information content (AvgIpc) is 2.48. The van der Waals surface area contributed by atoms with Crippen molar-refractivity contribution in [3.63, 3.8) is 0 Å². The van der Waals surface area contributed by atoms with E-state index >= 15 is 0 Å². The fourth-order valence-corrected chi connectivity index (χ4v) is 2.92. The number of benzene rings is 1. The summed E-state index contributed by atoms with van der Waals surface area (Å²) in [6.45, 7) is 2.29. The van der Waals surface area contributed by atoms with Gasteiger partial charge in [0.25, 0.3) is 0 Å². The van der Waals surface area contributed by atoms with Gasteiger partial charge in [0.05, 0.1) is 11.3 Å². The summed E-state index contributed by atoms with van der Waals surface area (Å²) in [5.74, 6) is -1.15. The van der Waals surface area contributed by atoms with Gasteiger partial charge in [-0.15, -0.1) is 0 Å². The van der Waals surface area contributed by atoms with Crippen LogP contribution in [0.1, 0.15) is 38.2 Å². The van der Waals surface area contributed by atoms with Crippen LogP contribution in [-0.4, -0.2) is 30.7 Å². The van der Waals surface area contributed by atoms with E-state index in [0.29, 0.717) is 13.0 Å². The molecule has 0 aromatic heterocycles. The molecule has 0 heterocycles. The first-order valence-corrected chi connectivity index (χ1v) is 8.09. The van der Waals surface area contributed by atoms with E-state index in [2.05, 4.69) is 5.32 Å². The number of carbonyl (C=O) groups excluding carboxylic acids is 1. The van der Waals surface area contributed by atoms with Crippen LogP contribution in [-0.2, 0) is 20.7 Å². The fraction of sp³-hybridized carbons (Fsp3) is 0.556. The van der Waals surface area contributed by atoms with Crippen LogP contribution >= 0.6 is 0 Å². The maximum Gasteiger partial charge on any atom is 0.306 e. The van der Waals surface area contributed by atoms with E-state index in [1.54, 1.807) is 14.0 Å². The van der Waals surface area contributed by atoms with Gasteiger partial charge in [0, 0.05) is 19.4 Å². The molecular weight excluding hydrogens is 294 g/mol. The molecule has 1 aromatic carbocycles. The monoisotopic (exact) mass is 319 g/mol. The lowest BCUT2D eigenvalue weighted by molar-refractivity contribution is -0.141. The van der Waals surface area contributed by atoms with Gasteiger partial charge in [-0.25, -0.2) is 0 Å². The number of carbonyl (C=O) groups is 2. The smallest absolute Gasteiger partial charge is 0.306 e. The predicted molar refractivity (Wildman–Crippen MR) is 88.4 cm³/mol. The molecule has 5 nitrogen and oxygen atoms in total. The van der Waals surface area contributed by atoms with Crippen molar-refractivity contribution in [2.75, 3.05) is 19.0 Å². The Morgan fingerprint density at radius 1 is 1.30 bits per heavy atom. The van der Waals surface area contributed by atoms with Gasteiger partial charge in [-0.2, -0.15) is 0 Å². The SMILES string of the molecule is COCCC1(C(=O)Nc2ccc(CC(C)C(=O)O)cc2)CCC1. The van der Waals surface area contributed by atoms with E-state index in [-0.39, 0.29) is 11.3 Å². The minimum Gasteiger partial charge on any atom is -0.481 e. The molecule has 23 heavy (non-hydrogen) atoms. The standard InChI is InChI=1S/C18H25NO4/c1-13(16(20)21)12-14-4-6-15(7-5-14)19-17(22)18(8-3-9-18)10-11-23-2/h4-7,13H,3,8-12H2,1-2H3,(H,19,22)(H,20,21). The molecule has 1 amide bonds. The summed E-state index contributed by atoms with van der Waals surface area (Å²) < 4.78 is 5.12. The van der Waals surface area contributed by atoms with Crippen molar-refractivity contribution in [3.8, 4) is 0 Å². The number of methoxy groups -OCH3 is 1. The Kier molecular flexibility index (Phi) is 5.77. The van der Waals surface area contributed by atoms with Crippen molar-refractivity contribution in [1.82, 2.24) is 0 Å². The van der Waals surface area contributed by atoms with Gasteiger partial charge in [-0.1, -0.05) is 25.5 Å². The Morgan fingerprint density at radius 3 is 2.43 bits per heavy atom. The molecule has 0 bridgehead atoms. The zero-order valence-corrected chi connectivity index (χ0v) is 13.8. The zero-order valence-electron chi connectivity index (χ0n) is 13.8. The first-order valence-electron chi connectivity index (χ1n) is 8.09. The molecule has 1 aromatic rings. The number of hydrogen-bond acceptors (Lipinski definition) is 3. The van der Waals surface area contributed by atoms with Crippen molar-refractivity contribution in [1.29, 1.82) is 0 Å². The van der Waals surface area contributed by atoms with Crippen LogP contribution in [0.15, 0.2) is 24.3 Å². The Balaban J connectivity index is 1.95. The average molecular weight is 319 g/mol. The van der Waals surface area contributed by atoms with Crippen molar-refractivity contribution < 1.29 is 19.4 Å². The van der Waals surface area contributed by atoms with Crippen LogP contribution in [0.5, 0.6) is 0 Å². The lowest BCUT2D eigenvalue weighted by atomic mass is 9.66. The quantitative estimate of drug-likeness (QED) is 0.772. The van der Waals surface area contributed by atoms with Crippen LogP contribution < -0.4 is 5.32 Å². The van der Waals surface area contributed by atoms with Gasteiger partial charge in [-0.3, -0.25) is 9.59 Å². The number of nitrogens with one attached hydrogen (secondary N) is 1. The molecular formula is C18H25NO4. The summed E-state index contributed by atoms with van der Waals surface area (Å²) >= 11 is 0. The van der Waals surface area contributed by atoms with Gasteiger partial charge in [0.15, 0.2) is 0 Å². The first kappa shape index (κ1) is 17.5. The third-order valence-electron chi connectivity index (χ3n) is 4.75. The van der Waals surface area contributed by atoms with Gasteiger partial charge < -0.3 is 15.2 Å². The summed E-state index contributed by atoms with van der Waals surface area (Å²) in [7, 11) is 1.65. The zero-order chi connectivity index (χ0) is 16.9. The summed E-state index contributed by atoms with van der Waals surface area (Å²) in [6, 6.07) is 7.42. The number of carboxylic acids is 1. The third-order valence-corrected chi connectivity index (χ3v) is 4.75. The summed E-state index contributed by atoms with van der Waals surface area (Å²) in [4.78, 5) is 23.4. The highest BCUT2D eigenvalue weighted by Crippen LogP contribution is 2.44. The molecule has 0 saturated heterocycles. The molecule has 0 spiro atoms. The number of rotatable bonds is 8. The molecule has 2 rings (SSSR count). The van der Waals surface area contributed by atoms with E-state index in [1.807, 2.05) is 24.3 Å². The Bertz CT molecular complexity index is 549. The maximum atomic E-state index is 12.5. The first-order chi connectivity index (χ1) is 11.0. The molecule has 1 fully saturated rings. The van der Waals surface area contributed by atoms with E-state index in [9.17, 15) is 9.59 Å². The van der Waals surface area contributed by atoms with Crippen LogP contribution in [0.3, 0.4) is 0 Å². The third kappa shape index (κ3) is 4.32. The number of aliphatic carboxylic acids is 1. The van der Waals surface area contributed by atoms with Crippen LogP contribution in [0, 0.1) is 11.3 Å². The molecule has 5 heteroatoms. The highest BCUT2D eigenvalue weighted by atomic mass is 16.5. The second-order valence-corrected chi connectivity index (χ2v) is 6.47. The lowest BCUT2D eigenvalue weighted by Gasteiger charge is -2.40. The van der Waals surface area contributed by atoms with Crippen LogP contribution in [0.25, 0.3) is 0 Å². The summed E-state index contributed by atoms with van der Waals surface area (Å²) in [5, 5.41) is 11.9. The number of anilines is 1. The van der Waals surface area contributed by atoms with Gasteiger partial charge in [-0.05, 0) is 43.4 Å². The lowest BCUT2D eigenvalue weighted by Crippen LogP contribution is -2.42. The Labute approximate surface area is 137 Å². The molecule has 1 saturated carbocycles. The number of hydrogen-bond donors (Lipinski definition) is 2. The largest absolute Gasteiger partial charge is 0.481 e. The van der Waals surface area contributed by atoms with Crippen molar-refractivity contribution >= 4 is 17.6 Å². The molecule has 1 aliphatic rings. The van der Waals surface area contributed by atoms with E-state index in [1.165, 1.54) is 0 Å². The number of carboxylic acid groups (broad SMARTS) is 1. The van der Waals surface area contributed by atoms with Gasteiger partial charge in [0.1, 0.15) is 0 Å². The summed E-state index contributed by atoms with van der Waals surface area (Å²) in [6.07, 6.45) is 4.15. The second kappa shape index (κ2) is 7.59. The fourth-order valence-electron chi connectivity index (χ4n) is 2.92. The van der Waals surface area contributed by atoms with E-state index < -0.39 is 11.9 Å². The van der Waals surface area contributed by atoms with E-state index in [0.717, 1.165) is 36.9 Å². The van der Waals surface area contributed by atoms with Crippen LogP contribution in [0.4, 0.5) is 5.69 Å². The minimum atomic E-state index is -0.799. The normalized spacial score (nSPS) is 17.1. The highest BCUT2D eigenvalue weighted by molar-refractivity contribution is 5.95. The predicted octanol–water partition coefficient (Wildman–Crippen LogP) is 3.10. The van der Waals surface area contributed by atoms with Crippen LogP contribution in [0.2, 0.25) is 0 Å². The van der Waals surface area contributed by atoms with Gasteiger partial charge in [0.2, 0.25) is 5.91 Å². The molecule has 0 aliphatic heterocycles. The molecule has 1 atom stereocenters. The molecule has 1 aliphatic carbocycles. The maximum absolute atomic E-state index is 12.5. The molecule has 2 N–H and O–H groups in total.